The smallest absolute Gasteiger partial charge is 0.192 e. The van der Waals surface area contributed by atoms with Crippen LogP contribution in [-0.2, 0) is 4.43 Å². The first-order valence-electron chi connectivity index (χ1n) is 9.84. The number of rotatable bonds is 9. The Morgan fingerprint density at radius 1 is 1.25 bits per heavy atom. The number of nitriles is 1. The number of hydrogen-bond acceptors (Lipinski definition) is 4. The second-order valence-electron chi connectivity index (χ2n) is 9.13. The molecule has 0 radical (unpaired) electrons. The molecule has 0 saturated heterocycles. The first-order chi connectivity index (χ1) is 12.9. The Morgan fingerprint density at radius 3 is 2.29 bits per heavy atom. The molecule has 1 aromatic carbocycles. The van der Waals surface area contributed by atoms with Gasteiger partial charge in [0, 0.05) is 18.0 Å². The highest BCUT2D eigenvalue weighted by Crippen LogP contribution is 2.41. The molecular weight excluding hydrogens is 366 g/mol. The molecule has 0 amide bonds. The molecule has 0 fully saturated rings. The average Bonchev–Trinajstić information content (AvgIpc) is 2.63. The lowest BCUT2D eigenvalue weighted by Crippen LogP contribution is -2.47. The van der Waals surface area contributed by atoms with Gasteiger partial charge in [-0.05, 0) is 48.5 Å². The maximum absolute atomic E-state index is 9.27. The molecule has 0 bridgehead atoms. The maximum Gasteiger partial charge on any atom is 0.192 e. The summed E-state index contributed by atoms with van der Waals surface area (Å²) < 4.78 is 6.80. The van der Waals surface area contributed by atoms with E-state index in [2.05, 4.69) is 57.0 Å². The summed E-state index contributed by atoms with van der Waals surface area (Å²) in [4.78, 5) is 4.76. The minimum atomic E-state index is -2.05. The van der Waals surface area contributed by atoms with Gasteiger partial charge in [-0.25, -0.2) is 0 Å². The second-order valence-corrected chi connectivity index (χ2v) is 13.9. The molecule has 0 aliphatic heterocycles. The summed E-state index contributed by atoms with van der Waals surface area (Å²) in [6, 6.07) is 9.56. The van der Waals surface area contributed by atoms with Gasteiger partial charge in [0.2, 0.25) is 0 Å². The van der Waals surface area contributed by atoms with E-state index in [0.717, 1.165) is 5.56 Å². The average molecular weight is 402 g/mol. The van der Waals surface area contributed by atoms with Crippen LogP contribution in [0, 0.1) is 17.4 Å². The fourth-order valence-electron chi connectivity index (χ4n) is 2.90. The Kier molecular flexibility index (Phi) is 8.56. The lowest BCUT2D eigenvalue weighted by molar-refractivity contribution is 0.0834. The van der Waals surface area contributed by atoms with E-state index >= 15 is 0 Å². The van der Waals surface area contributed by atoms with Gasteiger partial charge in [-0.15, -0.1) is 0 Å². The fraction of sp³-hybridized carbons (Fsp3) is 0.667. The van der Waals surface area contributed by atoms with Crippen molar-refractivity contribution >= 4 is 8.32 Å². The summed E-state index contributed by atoms with van der Waals surface area (Å²) in [5.41, 5.74) is 10.2. The topological polar surface area (TPSA) is 85.0 Å². The summed E-state index contributed by atoms with van der Waals surface area (Å²) >= 11 is 0. The third-order valence-electron chi connectivity index (χ3n) is 6.05. The molecule has 0 saturated carbocycles. The zero-order valence-corrected chi connectivity index (χ0v) is 19.5. The van der Waals surface area contributed by atoms with E-state index in [1.807, 2.05) is 37.3 Å². The SMILES string of the molecule is C[C@@H]([C@H](N=[N+]=[N-])c1ccccc1)[C@@H](C[C@H](C)N(C)C#N)O[Si](C)(C)C(C)(C)C. The van der Waals surface area contributed by atoms with Crippen molar-refractivity contribution in [1.82, 2.24) is 4.90 Å². The van der Waals surface area contributed by atoms with Crippen molar-refractivity contribution in [3.05, 3.63) is 46.3 Å². The van der Waals surface area contributed by atoms with Crippen molar-refractivity contribution in [2.45, 2.75) is 77.4 Å². The molecule has 0 aliphatic carbocycles. The van der Waals surface area contributed by atoms with Crippen molar-refractivity contribution in [2.75, 3.05) is 7.05 Å². The molecule has 4 atom stereocenters. The highest BCUT2D eigenvalue weighted by atomic mass is 28.4. The third-order valence-corrected chi connectivity index (χ3v) is 10.6. The minimum absolute atomic E-state index is 0.0260. The maximum atomic E-state index is 9.27. The summed E-state index contributed by atoms with van der Waals surface area (Å²) in [5.74, 6) is -0.0260. The van der Waals surface area contributed by atoms with Gasteiger partial charge in [0.15, 0.2) is 14.5 Å². The molecular formula is C21H35N5OSi. The van der Waals surface area contributed by atoms with Crippen molar-refractivity contribution in [3.63, 3.8) is 0 Å². The van der Waals surface area contributed by atoms with E-state index in [4.69, 9.17) is 4.43 Å². The van der Waals surface area contributed by atoms with E-state index in [1.165, 1.54) is 0 Å². The van der Waals surface area contributed by atoms with Gasteiger partial charge in [0.25, 0.3) is 0 Å². The quantitative estimate of drug-likeness (QED) is 0.122. The van der Waals surface area contributed by atoms with Gasteiger partial charge in [-0.3, -0.25) is 0 Å². The first-order valence-corrected chi connectivity index (χ1v) is 12.7. The minimum Gasteiger partial charge on any atom is -0.414 e. The van der Waals surface area contributed by atoms with Crippen LogP contribution in [0.2, 0.25) is 18.1 Å². The van der Waals surface area contributed by atoms with Gasteiger partial charge in [-0.1, -0.05) is 63.1 Å². The normalized spacial score (nSPS) is 16.2. The van der Waals surface area contributed by atoms with Gasteiger partial charge in [-0.2, -0.15) is 5.26 Å². The molecule has 1 aromatic rings. The molecule has 0 unspecified atom stereocenters. The van der Waals surface area contributed by atoms with Gasteiger partial charge in [0.1, 0.15) is 0 Å². The number of hydrogen-bond donors (Lipinski definition) is 0. The predicted octanol–water partition coefficient (Wildman–Crippen LogP) is 6.26. The molecule has 0 N–H and O–H groups in total. The molecule has 0 aliphatic rings. The van der Waals surface area contributed by atoms with Gasteiger partial charge >= 0.3 is 0 Å². The third kappa shape index (κ3) is 6.27. The van der Waals surface area contributed by atoms with Gasteiger partial charge < -0.3 is 9.33 Å². The summed E-state index contributed by atoms with van der Waals surface area (Å²) in [7, 11) is -0.256. The Labute approximate surface area is 171 Å². The molecule has 6 nitrogen and oxygen atoms in total. The standard InChI is InChI=1S/C21H35N5OSi/c1-16(26(6)15-22)14-19(27-28(7,8)21(3,4)5)17(2)20(24-25-23)18-12-10-9-11-13-18/h9-13,16-17,19-20H,14H2,1-8H3/t16-,17+,19+,20-/m0/s1. The summed E-state index contributed by atoms with van der Waals surface area (Å²) in [6.07, 6.45) is 2.77. The fourth-order valence-corrected chi connectivity index (χ4v) is 4.32. The van der Waals surface area contributed by atoms with Gasteiger partial charge in [0.05, 0.1) is 12.1 Å². The van der Waals surface area contributed by atoms with E-state index in [0.29, 0.717) is 6.42 Å². The van der Waals surface area contributed by atoms with Crippen molar-refractivity contribution in [2.24, 2.45) is 11.0 Å². The van der Waals surface area contributed by atoms with Crippen LogP contribution in [0.3, 0.4) is 0 Å². The van der Waals surface area contributed by atoms with Crippen molar-refractivity contribution < 1.29 is 4.43 Å². The Balaban J connectivity index is 3.27. The lowest BCUT2D eigenvalue weighted by atomic mass is 9.88. The largest absolute Gasteiger partial charge is 0.414 e. The molecule has 0 aromatic heterocycles. The lowest BCUT2D eigenvalue weighted by Gasteiger charge is -2.43. The number of benzene rings is 1. The second kappa shape index (κ2) is 9.97. The Morgan fingerprint density at radius 2 is 1.82 bits per heavy atom. The van der Waals surface area contributed by atoms with Crippen LogP contribution in [-0.4, -0.2) is 32.4 Å². The highest BCUT2D eigenvalue weighted by Gasteiger charge is 2.41. The van der Waals surface area contributed by atoms with Crippen LogP contribution < -0.4 is 0 Å². The number of nitrogens with zero attached hydrogens (tertiary/aromatic N) is 5. The van der Waals surface area contributed by atoms with Crippen LogP contribution >= 0.6 is 0 Å². The Bertz CT molecular complexity index is 704. The molecule has 0 heterocycles. The van der Waals surface area contributed by atoms with E-state index < -0.39 is 8.32 Å². The molecule has 0 spiro atoms. The van der Waals surface area contributed by atoms with Crippen LogP contribution in [0.4, 0.5) is 0 Å². The summed E-state index contributed by atoms with van der Waals surface area (Å²) in [6.45, 7) is 15.2. The van der Waals surface area contributed by atoms with Crippen LogP contribution in [0.25, 0.3) is 10.4 Å². The zero-order valence-electron chi connectivity index (χ0n) is 18.5. The summed E-state index contributed by atoms with van der Waals surface area (Å²) in [5, 5.41) is 13.4. The molecule has 1 rings (SSSR count). The Hall–Kier alpha value is -2.00. The highest BCUT2D eigenvalue weighted by molar-refractivity contribution is 6.74. The van der Waals surface area contributed by atoms with E-state index in [1.54, 1.807) is 11.9 Å². The van der Waals surface area contributed by atoms with Crippen molar-refractivity contribution in [3.8, 4) is 6.19 Å². The van der Waals surface area contributed by atoms with Crippen molar-refractivity contribution in [1.29, 1.82) is 5.26 Å². The first kappa shape index (κ1) is 24.0. The van der Waals surface area contributed by atoms with E-state index in [-0.39, 0.29) is 29.1 Å². The molecule has 28 heavy (non-hydrogen) atoms. The number of azide groups is 1. The van der Waals surface area contributed by atoms with Crippen LogP contribution in [0.1, 0.15) is 52.6 Å². The van der Waals surface area contributed by atoms with E-state index in [9.17, 15) is 10.8 Å². The van der Waals surface area contributed by atoms with Crippen LogP contribution in [0.15, 0.2) is 35.4 Å². The zero-order chi connectivity index (χ0) is 21.5. The van der Waals surface area contributed by atoms with Crippen LogP contribution in [0.5, 0.6) is 0 Å². The monoisotopic (exact) mass is 401 g/mol. The predicted molar refractivity (Wildman–Crippen MR) is 117 cm³/mol. The molecule has 154 valence electrons. The molecule has 7 heteroatoms.